The van der Waals surface area contributed by atoms with Crippen LogP contribution in [0.1, 0.15) is 25.6 Å². The third-order valence-electron chi connectivity index (χ3n) is 3.83. The summed E-state index contributed by atoms with van der Waals surface area (Å²) in [6, 6.07) is 8.97. The zero-order valence-corrected chi connectivity index (χ0v) is 16.1. The van der Waals surface area contributed by atoms with Gasteiger partial charge in [-0.3, -0.25) is 19.9 Å². The number of amides is 2. The van der Waals surface area contributed by atoms with Gasteiger partial charge in [-0.1, -0.05) is 17.4 Å². The largest absolute Gasteiger partial charge is 0.416 e. The van der Waals surface area contributed by atoms with Crippen LogP contribution in [0.2, 0.25) is 0 Å². The third kappa shape index (κ3) is 4.60. The van der Waals surface area contributed by atoms with E-state index in [0.717, 1.165) is 35.6 Å². The van der Waals surface area contributed by atoms with Crippen LogP contribution < -0.4 is 5.32 Å². The number of nitrogens with one attached hydrogen (secondary N) is 1. The number of pyridine rings is 1. The summed E-state index contributed by atoms with van der Waals surface area (Å²) in [4.78, 5) is 35.0. The SMILES string of the molecule is CN(C)C(=O)c1sc(NC(=O)c2ccc(C(F)(F)F)cc2)nc1-c1ccccn1. The Morgan fingerprint density at radius 2 is 1.76 bits per heavy atom. The molecular formula is C19H15F3N4O2S. The predicted molar refractivity (Wildman–Crippen MR) is 103 cm³/mol. The van der Waals surface area contributed by atoms with Crippen molar-refractivity contribution in [1.82, 2.24) is 14.9 Å². The molecule has 1 N–H and O–H groups in total. The molecule has 0 aliphatic carbocycles. The van der Waals surface area contributed by atoms with Crippen molar-refractivity contribution < 1.29 is 22.8 Å². The average molecular weight is 420 g/mol. The Morgan fingerprint density at radius 3 is 2.31 bits per heavy atom. The van der Waals surface area contributed by atoms with Gasteiger partial charge in [-0.2, -0.15) is 13.2 Å². The number of nitrogens with zero attached hydrogens (tertiary/aromatic N) is 3. The van der Waals surface area contributed by atoms with Gasteiger partial charge in [-0.15, -0.1) is 0 Å². The molecular weight excluding hydrogens is 405 g/mol. The summed E-state index contributed by atoms with van der Waals surface area (Å²) < 4.78 is 38.0. The number of aromatic nitrogens is 2. The second kappa shape index (κ2) is 8.00. The van der Waals surface area contributed by atoms with Crippen LogP contribution in [-0.4, -0.2) is 40.8 Å². The van der Waals surface area contributed by atoms with Crippen molar-refractivity contribution in [2.45, 2.75) is 6.18 Å². The van der Waals surface area contributed by atoms with Gasteiger partial charge in [-0.25, -0.2) is 4.98 Å². The fraction of sp³-hybridized carbons (Fsp3) is 0.158. The molecule has 0 aliphatic heterocycles. The summed E-state index contributed by atoms with van der Waals surface area (Å²) in [7, 11) is 3.18. The normalized spacial score (nSPS) is 11.2. The second-order valence-corrected chi connectivity index (χ2v) is 7.14. The number of carbonyl (C=O) groups excluding carboxylic acids is 2. The number of halogens is 3. The number of benzene rings is 1. The summed E-state index contributed by atoms with van der Waals surface area (Å²) in [6.07, 6.45) is -2.93. The van der Waals surface area contributed by atoms with Gasteiger partial charge in [0.05, 0.1) is 11.3 Å². The molecule has 0 unspecified atom stereocenters. The minimum absolute atomic E-state index is 0.0353. The summed E-state index contributed by atoms with van der Waals surface area (Å²) >= 11 is 0.967. The Hall–Kier alpha value is -3.27. The Bertz CT molecular complexity index is 1030. The number of carbonyl (C=O) groups is 2. The van der Waals surface area contributed by atoms with Crippen molar-refractivity contribution in [3.63, 3.8) is 0 Å². The van der Waals surface area contributed by atoms with Gasteiger partial charge in [0.15, 0.2) is 5.13 Å². The number of anilines is 1. The molecule has 3 rings (SSSR count). The minimum Gasteiger partial charge on any atom is -0.344 e. The van der Waals surface area contributed by atoms with Crippen LogP contribution in [0, 0.1) is 0 Å². The van der Waals surface area contributed by atoms with E-state index < -0.39 is 17.6 Å². The Balaban J connectivity index is 1.89. The smallest absolute Gasteiger partial charge is 0.344 e. The van der Waals surface area contributed by atoms with Crippen LogP contribution in [0.3, 0.4) is 0 Å². The third-order valence-corrected chi connectivity index (χ3v) is 4.79. The van der Waals surface area contributed by atoms with Crippen molar-refractivity contribution in [2.24, 2.45) is 0 Å². The van der Waals surface area contributed by atoms with Gasteiger partial charge in [-0.05, 0) is 36.4 Å². The van der Waals surface area contributed by atoms with E-state index in [9.17, 15) is 22.8 Å². The minimum atomic E-state index is -4.48. The van der Waals surface area contributed by atoms with Crippen LogP contribution in [0.15, 0.2) is 48.7 Å². The quantitative estimate of drug-likeness (QED) is 0.687. The van der Waals surface area contributed by atoms with Gasteiger partial charge >= 0.3 is 6.18 Å². The van der Waals surface area contributed by atoms with Gasteiger partial charge in [0.25, 0.3) is 11.8 Å². The molecule has 0 radical (unpaired) electrons. The van der Waals surface area contributed by atoms with Crippen molar-refractivity contribution in [3.8, 4) is 11.4 Å². The first kappa shape index (κ1) is 20.5. The summed E-state index contributed by atoms with van der Waals surface area (Å²) in [6.45, 7) is 0. The van der Waals surface area contributed by atoms with E-state index in [1.54, 1.807) is 38.5 Å². The van der Waals surface area contributed by atoms with Crippen molar-refractivity contribution in [3.05, 3.63) is 64.7 Å². The van der Waals surface area contributed by atoms with E-state index in [-0.39, 0.29) is 21.5 Å². The zero-order valence-electron chi connectivity index (χ0n) is 15.3. The van der Waals surface area contributed by atoms with Crippen molar-refractivity contribution in [1.29, 1.82) is 0 Å². The molecule has 0 spiro atoms. The Morgan fingerprint density at radius 1 is 1.07 bits per heavy atom. The van der Waals surface area contributed by atoms with Crippen LogP contribution in [0.5, 0.6) is 0 Å². The maximum absolute atomic E-state index is 12.7. The van der Waals surface area contributed by atoms with E-state index in [4.69, 9.17) is 0 Å². The lowest BCUT2D eigenvalue weighted by atomic mass is 10.1. The second-order valence-electron chi connectivity index (χ2n) is 6.14. The molecule has 1 aromatic carbocycles. The van der Waals surface area contributed by atoms with Crippen molar-refractivity contribution >= 4 is 28.3 Å². The molecule has 0 saturated carbocycles. The van der Waals surface area contributed by atoms with E-state index >= 15 is 0 Å². The monoisotopic (exact) mass is 420 g/mol. The van der Waals surface area contributed by atoms with Crippen LogP contribution in [-0.2, 0) is 6.18 Å². The molecule has 0 bridgehead atoms. The highest BCUT2D eigenvalue weighted by molar-refractivity contribution is 7.18. The topological polar surface area (TPSA) is 75.2 Å². The maximum Gasteiger partial charge on any atom is 0.416 e. The molecule has 2 aromatic heterocycles. The van der Waals surface area contributed by atoms with E-state index in [1.165, 1.54) is 4.90 Å². The maximum atomic E-state index is 12.7. The predicted octanol–water partition coefficient (Wildman–Crippen LogP) is 4.18. The Kier molecular flexibility index (Phi) is 5.64. The lowest BCUT2D eigenvalue weighted by Crippen LogP contribution is -2.21. The molecule has 0 aliphatic rings. The summed E-state index contributed by atoms with van der Waals surface area (Å²) in [5.74, 6) is -0.943. The summed E-state index contributed by atoms with van der Waals surface area (Å²) in [5.41, 5.74) is -0.0336. The molecule has 0 atom stereocenters. The van der Waals surface area contributed by atoms with E-state index in [2.05, 4.69) is 15.3 Å². The van der Waals surface area contributed by atoms with Crippen molar-refractivity contribution in [2.75, 3.05) is 19.4 Å². The Labute approximate surface area is 168 Å². The van der Waals surface area contributed by atoms with E-state index in [0.29, 0.717) is 11.4 Å². The molecule has 6 nitrogen and oxygen atoms in total. The molecule has 10 heteroatoms. The molecule has 0 fully saturated rings. The molecule has 29 heavy (non-hydrogen) atoms. The first-order valence-electron chi connectivity index (χ1n) is 8.29. The zero-order chi connectivity index (χ0) is 21.2. The molecule has 2 heterocycles. The van der Waals surface area contributed by atoms with Crippen LogP contribution in [0.4, 0.5) is 18.3 Å². The van der Waals surface area contributed by atoms with Gasteiger partial charge < -0.3 is 4.90 Å². The highest BCUT2D eigenvalue weighted by Crippen LogP contribution is 2.32. The number of rotatable bonds is 4. The van der Waals surface area contributed by atoms with Gasteiger partial charge in [0, 0.05) is 25.9 Å². The molecule has 3 aromatic rings. The first-order valence-corrected chi connectivity index (χ1v) is 9.11. The number of thiazole rings is 1. The summed E-state index contributed by atoms with van der Waals surface area (Å²) in [5, 5.41) is 2.67. The molecule has 150 valence electrons. The van der Waals surface area contributed by atoms with Crippen LogP contribution >= 0.6 is 11.3 Å². The fourth-order valence-electron chi connectivity index (χ4n) is 2.38. The molecule has 2 amide bonds. The van der Waals surface area contributed by atoms with Crippen LogP contribution in [0.25, 0.3) is 11.4 Å². The van der Waals surface area contributed by atoms with Gasteiger partial charge in [0.1, 0.15) is 10.6 Å². The lowest BCUT2D eigenvalue weighted by Gasteiger charge is -2.09. The number of hydrogen-bond donors (Lipinski definition) is 1. The average Bonchev–Trinajstić information content (AvgIpc) is 3.11. The lowest BCUT2D eigenvalue weighted by molar-refractivity contribution is -0.137. The standard InChI is InChI=1S/C19H15F3N4O2S/c1-26(2)17(28)15-14(13-5-3-4-10-23-13)24-18(29-15)25-16(27)11-6-8-12(9-7-11)19(20,21)22/h3-10H,1-2H3,(H,24,25,27). The molecule has 0 saturated heterocycles. The number of hydrogen-bond acceptors (Lipinski definition) is 5. The highest BCUT2D eigenvalue weighted by Gasteiger charge is 2.30. The first-order chi connectivity index (χ1) is 13.7. The number of alkyl halides is 3. The van der Waals surface area contributed by atoms with Gasteiger partial charge in [0.2, 0.25) is 0 Å². The van der Waals surface area contributed by atoms with E-state index in [1.807, 2.05) is 0 Å². The fourth-order valence-corrected chi connectivity index (χ4v) is 3.37. The highest BCUT2D eigenvalue weighted by atomic mass is 32.1.